The van der Waals surface area contributed by atoms with Crippen LogP contribution in [0.25, 0.3) is 0 Å². The molecule has 1 aliphatic heterocycles. The van der Waals surface area contributed by atoms with Crippen LogP contribution >= 0.6 is 12.4 Å². The Hall–Kier alpha value is -1.31. The molecule has 2 rings (SSSR count). The van der Waals surface area contributed by atoms with Crippen molar-refractivity contribution < 1.29 is 13.2 Å². The van der Waals surface area contributed by atoms with Crippen molar-refractivity contribution in [3.8, 4) is 0 Å². The molecule has 136 valence electrons. The topological polar surface area (TPSA) is 92.5 Å². The molecule has 0 unspecified atom stereocenters. The van der Waals surface area contributed by atoms with Gasteiger partial charge in [-0.3, -0.25) is 9.10 Å². The van der Waals surface area contributed by atoms with Crippen LogP contribution in [0.5, 0.6) is 0 Å². The van der Waals surface area contributed by atoms with Crippen molar-refractivity contribution in [2.45, 2.75) is 33.1 Å². The molecule has 8 heteroatoms. The maximum atomic E-state index is 12.6. The van der Waals surface area contributed by atoms with E-state index in [9.17, 15) is 13.2 Å². The molecule has 1 saturated heterocycles. The SMILES string of the molecule is CCC(CC)(CN)C(=O)Nc1cccc(N2CCCS2(=O)=O)c1.Cl. The molecule has 0 spiro atoms. The number of carbonyl (C=O) groups excluding carboxylic acids is 1. The van der Waals surface area contributed by atoms with Crippen molar-refractivity contribution in [3.63, 3.8) is 0 Å². The van der Waals surface area contributed by atoms with Gasteiger partial charge in [0.25, 0.3) is 0 Å². The number of hydrogen-bond donors (Lipinski definition) is 2. The fourth-order valence-electron chi connectivity index (χ4n) is 2.88. The minimum absolute atomic E-state index is 0. The van der Waals surface area contributed by atoms with Crippen LogP contribution in [0, 0.1) is 5.41 Å². The molecule has 1 fully saturated rings. The van der Waals surface area contributed by atoms with Gasteiger partial charge in [0.15, 0.2) is 0 Å². The molecule has 0 aromatic heterocycles. The molecule has 0 aliphatic carbocycles. The van der Waals surface area contributed by atoms with Gasteiger partial charge in [-0.2, -0.15) is 0 Å². The summed E-state index contributed by atoms with van der Waals surface area (Å²) in [6.07, 6.45) is 1.94. The number of amides is 1. The van der Waals surface area contributed by atoms with Crippen molar-refractivity contribution in [1.82, 2.24) is 0 Å². The summed E-state index contributed by atoms with van der Waals surface area (Å²) in [7, 11) is -3.23. The van der Waals surface area contributed by atoms with Gasteiger partial charge in [0.1, 0.15) is 0 Å². The maximum Gasteiger partial charge on any atom is 0.235 e. The van der Waals surface area contributed by atoms with Crippen LogP contribution in [0.1, 0.15) is 33.1 Å². The lowest BCUT2D eigenvalue weighted by molar-refractivity contribution is -0.125. The number of rotatable bonds is 6. The van der Waals surface area contributed by atoms with Gasteiger partial charge in [0, 0.05) is 18.8 Å². The zero-order chi connectivity index (χ0) is 17.1. The summed E-state index contributed by atoms with van der Waals surface area (Å²) in [5, 5.41) is 2.89. The number of nitrogens with one attached hydrogen (secondary N) is 1. The number of halogens is 1. The lowest BCUT2D eigenvalue weighted by Gasteiger charge is -2.28. The van der Waals surface area contributed by atoms with Crippen LogP contribution in [-0.2, 0) is 14.8 Å². The smallest absolute Gasteiger partial charge is 0.235 e. The van der Waals surface area contributed by atoms with Crippen molar-refractivity contribution in [2.24, 2.45) is 11.1 Å². The number of carbonyl (C=O) groups is 1. The Bertz CT molecular complexity index is 667. The third kappa shape index (κ3) is 4.02. The highest BCUT2D eigenvalue weighted by atomic mass is 35.5. The first-order chi connectivity index (χ1) is 10.9. The second-order valence-corrected chi connectivity index (χ2v) is 7.95. The van der Waals surface area contributed by atoms with Crippen LogP contribution in [0.3, 0.4) is 0 Å². The van der Waals surface area contributed by atoms with Crippen molar-refractivity contribution in [2.75, 3.05) is 28.5 Å². The van der Waals surface area contributed by atoms with Crippen molar-refractivity contribution in [1.29, 1.82) is 0 Å². The van der Waals surface area contributed by atoms with Crippen LogP contribution in [0.15, 0.2) is 24.3 Å². The third-order valence-corrected chi connectivity index (χ3v) is 6.59. The molecule has 0 bridgehead atoms. The molecule has 1 aromatic rings. The number of anilines is 2. The Morgan fingerprint density at radius 3 is 2.50 bits per heavy atom. The number of nitrogens with two attached hydrogens (primary N) is 1. The van der Waals surface area contributed by atoms with E-state index < -0.39 is 15.4 Å². The molecule has 24 heavy (non-hydrogen) atoms. The summed E-state index contributed by atoms with van der Waals surface area (Å²) in [6, 6.07) is 6.96. The van der Waals surface area contributed by atoms with Gasteiger partial charge < -0.3 is 11.1 Å². The predicted octanol–water partition coefficient (Wildman–Crippen LogP) is 2.35. The van der Waals surface area contributed by atoms with E-state index >= 15 is 0 Å². The first kappa shape index (κ1) is 20.7. The lowest BCUT2D eigenvalue weighted by Crippen LogP contribution is -2.41. The highest BCUT2D eigenvalue weighted by Gasteiger charge is 2.33. The summed E-state index contributed by atoms with van der Waals surface area (Å²) < 4.78 is 25.4. The monoisotopic (exact) mass is 375 g/mol. The van der Waals surface area contributed by atoms with Crippen LogP contribution in [0.4, 0.5) is 11.4 Å². The average molecular weight is 376 g/mol. The van der Waals surface area contributed by atoms with E-state index in [2.05, 4.69) is 5.32 Å². The van der Waals surface area contributed by atoms with Crippen molar-refractivity contribution >= 4 is 39.7 Å². The molecule has 1 heterocycles. The molecule has 0 saturated carbocycles. The molecule has 0 atom stereocenters. The van der Waals surface area contributed by atoms with E-state index in [0.29, 0.717) is 37.2 Å². The zero-order valence-corrected chi connectivity index (χ0v) is 15.8. The van der Waals surface area contributed by atoms with Gasteiger partial charge in [0.05, 0.1) is 16.9 Å². The first-order valence-corrected chi connectivity index (χ1v) is 9.61. The lowest BCUT2D eigenvalue weighted by atomic mass is 9.81. The molecule has 1 aromatic carbocycles. The summed E-state index contributed by atoms with van der Waals surface area (Å²) in [6.45, 7) is 4.66. The number of hydrogen-bond acceptors (Lipinski definition) is 4. The van der Waals surface area contributed by atoms with Gasteiger partial charge in [-0.05, 0) is 37.5 Å². The highest BCUT2D eigenvalue weighted by molar-refractivity contribution is 7.93. The summed E-state index contributed by atoms with van der Waals surface area (Å²) >= 11 is 0. The molecule has 6 nitrogen and oxygen atoms in total. The summed E-state index contributed by atoms with van der Waals surface area (Å²) in [5.74, 6) is 0.0531. The Morgan fingerprint density at radius 2 is 2.00 bits per heavy atom. The number of benzene rings is 1. The molecular weight excluding hydrogens is 350 g/mol. The number of sulfonamides is 1. The summed E-state index contributed by atoms with van der Waals surface area (Å²) in [4.78, 5) is 12.6. The number of nitrogens with zero attached hydrogens (tertiary/aromatic N) is 1. The second kappa shape index (κ2) is 8.18. The molecule has 1 aliphatic rings. The largest absolute Gasteiger partial charge is 0.329 e. The van der Waals surface area contributed by atoms with Gasteiger partial charge >= 0.3 is 0 Å². The quantitative estimate of drug-likeness (QED) is 0.798. The Kier molecular flexibility index (Phi) is 7.07. The van der Waals surface area contributed by atoms with Crippen LogP contribution in [-0.4, -0.2) is 33.2 Å². The fraction of sp³-hybridized carbons (Fsp3) is 0.562. The highest BCUT2D eigenvalue weighted by Crippen LogP contribution is 2.29. The Morgan fingerprint density at radius 1 is 1.33 bits per heavy atom. The van der Waals surface area contributed by atoms with Gasteiger partial charge in [0.2, 0.25) is 15.9 Å². The standard InChI is InChI=1S/C16H25N3O3S.ClH/c1-3-16(4-2,12-17)15(20)18-13-7-5-8-14(11-13)19-9-6-10-23(19,21)22;/h5,7-8,11H,3-4,6,9-10,12,17H2,1-2H3,(H,18,20);1H. The minimum atomic E-state index is -3.23. The van der Waals surface area contributed by atoms with Crippen molar-refractivity contribution in [3.05, 3.63) is 24.3 Å². The second-order valence-electron chi connectivity index (χ2n) is 5.94. The van der Waals surface area contributed by atoms with Gasteiger partial charge in [-0.25, -0.2) is 8.42 Å². The zero-order valence-electron chi connectivity index (χ0n) is 14.1. The minimum Gasteiger partial charge on any atom is -0.329 e. The van der Waals surface area contributed by atoms with E-state index in [0.717, 1.165) is 0 Å². The van der Waals surface area contributed by atoms with Gasteiger partial charge in [-0.1, -0.05) is 19.9 Å². The first-order valence-electron chi connectivity index (χ1n) is 8.00. The maximum absolute atomic E-state index is 12.6. The fourth-order valence-corrected chi connectivity index (χ4v) is 4.44. The van der Waals surface area contributed by atoms with E-state index in [4.69, 9.17) is 5.73 Å². The molecule has 0 radical (unpaired) electrons. The Labute approximate surface area is 150 Å². The third-order valence-electron chi connectivity index (χ3n) is 4.72. The normalized spacial score (nSPS) is 16.5. The summed E-state index contributed by atoms with van der Waals surface area (Å²) in [5.41, 5.74) is 6.39. The van der Waals surface area contributed by atoms with E-state index in [-0.39, 0.29) is 30.6 Å². The molecular formula is C16H26ClN3O3S. The van der Waals surface area contributed by atoms with E-state index in [1.807, 2.05) is 13.8 Å². The Balaban J connectivity index is 0.00000288. The van der Waals surface area contributed by atoms with E-state index in [1.165, 1.54) is 4.31 Å². The van der Waals surface area contributed by atoms with E-state index in [1.54, 1.807) is 24.3 Å². The molecule has 3 N–H and O–H groups in total. The van der Waals surface area contributed by atoms with Crippen LogP contribution < -0.4 is 15.4 Å². The average Bonchev–Trinajstić information content (AvgIpc) is 2.89. The molecule has 1 amide bonds. The van der Waals surface area contributed by atoms with Crippen LogP contribution in [0.2, 0.25) is 0 Å². The van der Waals surface area contributed by atoms with Gasteiger partial charge in [-0.15, -0.1) is 12.4 Å². The predicted molar refractivity (Wildman–Crippen MR) is 100 cm³/mol.